The van der Waals surface area contributed by atoms with Crippen LogP contribution in [0.5, 0.6) is 5.75 Å². The molecule has 0 fully saturated rings. The second kappa shape index (κ2) is 12.4. The lowest BCUT2D eigenvalue weighted by molar-refractivity contribution is 0.0955. The lowest BCUT2D eigenvalue weighted by Crippen LogP contribution is -2.32. The van der Waals surface area contributed by atoms with Crippen molar-refractivity contribution < 1.29 is 17.9 Å². The van der Waals surface area contributed by atoms with Gasteiger partial charge in [0.15, 0.2) is 0 Å². The fourth-order valence-electron chi connectivity index (χ4n) is 3.64. The van der Waals surface area contributed by atoms with Crippen molar-refractivity contribution >= 4 is 39.4 Å². The quantitative estimate of drug-likeness (QED) is 0.205. The highest BCUT2D eigenvalue weighted by Crippen LogP contribution is 2.25. The SMILES string of the molecule is CS(=O)(=O)N(Cc1ccccc1)c1ccccc1C(=O)N/N=C/c1ccc(OCc2ccc(Cl)cc2)cc1. The van der Waals surface area contributed by atoms with E-state index in [1.54, 1.807) is 24.3 Å². The van der Waals surface area contributed by atoms with E-state index >= 15 is 0 Å². The van der Waals surface area contributed by atoms with Gasteiger partial charge in [0, 0.05) is 5.02 Å². The Morgan fingerprint density at radius 3 is 2.24 bits per heavy atom. The molecule has 0 aliphatic carbocycles. The first-order chi connectivity index (χ1) is 18.3. The average molecular weight is 548 g/mol. The first kappa shape index (κ1) is 26.9. The molecular formula is C29H26ClN3O4S. The van der Waals surface area contributed by atoms with Gasteiger partial charge in [-0.05, 0) is 65.2 Å². The number of hydrogen-bond acceptors (Lipinski definition) is 5. The highest BCUT2D eigenvalue weighted by molar-refractivity contribution is 7.92. The molecule has 0 spiro atoms. The molecule has 1 amide bonds. The fraction of sp³-hybridized carbons (Fsp3) is 0.103. The highest BCUT2D eigenvalue weighted by Gasteiger charge is 2.23. The third-order valence-electron chi connectivity index (χ3n) is 5.57. The number of rotatable bonds is 10. The molecule has 0 aliphatic rings. The summed E-state index contributed by atoms with van der Waals surface area (Å²) in [6, 6.07) is 30.4. The van der Waals surface area contributed by atoms with E-state index in [4.69, 9.17) is 16.3 Å². The van der Waals surface area contributed by atoms with E-state index in [1.165, 1.54) is 10.5 Å². The Morgan fingerprint density at radius 2 is 1.55 bits per heavy atom. The molecule has 0 saturated heterocycles. The van der Waals surface area contributed by atoms with Crippen LogP contribution in [0.25, 0.3) is 0 Å². The van der Waals surface area contributed by atoms with Crippen LogP contribution in [0.1, 0.15) is 27.0 Å². The zero-order chi connectivity index (χ0) is 27.0. The Kier molecular flexibility index (Phi) is 8.78. The van der Waals surface area contributed by atoms with Gasteiger partial charge in [-0.15, -0.1) is 0 Å². The molecule has 0 saturated carbocycles. The van der Waals surface area contributed by atoms with Gasteiger partial charge >= 0.3 is 0 Å². The largest absolute Gasteiger partial charge is 0.489 e. The summed E-state index contributed by atoms with van der Waals surface area (Å²) < 4.78 is 32.2. The number of benzene rings is 4. The van der Waals surface area contributed by atoms with E-state index < -0.39 is 15.9 Å². The van der Waals surface area contributed by atoms with E-state index in [1.807, 2.05) is 78.9 Å². The summed E-state index contributed by atoms with van der Waals surface area (Å²) in [6.45, 7) is 0.508. The van der Waals surface area contributed by atoms with Crippen molar-refractivity contribution in [3.63, 3.8) is 0 Å². The predicted octanol–water partition coefficient (Wildman–Crippen LogP) is 5.65. The number of para-hydroxylation sites is 1. The monoisotopic (exact) mass is 547 g/mol. The summed E-state index contributed by atoms with van der Waals surface area (Å²) in [5.41, 5.74) is 5.50. The van der Waals surface area contributed by atoms with E-state index in [-0.39, 0.29) is 17.8 Å². The molecule has 0 heterocycles. The van der Waals surface area contributed by atoms with E-state index in [0.29, 0.717) is 17.4 Å². The number of amides is 1. The van der Waals surface area contributed by atoms with Crippen LogP contribution in [-0.2, 0) is 23.2 Å². The van der Waals surface area contributed by atoms with Crippen molar-refractivity contribution in [2.45, 2.75) is 13.2 Å². The van der Waals surface area contributed by atoms with E-state index in [0.717, 1.165) is 22.9 Å². The van der Waals surface area contributed by atoms with Crippen LogP contribution >= 0.6 is 11.6 Å². The number of ether oxygens (including phenoxy) is 1. The Hall–Kier alpha value is -4.14. The van der Waals surface area contributed by atoms with Crippen molar-refractivity contribution in [3.05, 3.63) is 130 Å². The Bertz CT molecular complexity index is 1510. The summed E-state index contributed by atoms with van der Waals surface area (Å²) in [5, 5.41) is 4.72. The minimum absolute atomic E-state index is 0.0969. The standard InChI is InChI=1S/C29H26ClN3O4S/c1-38(35,36)33(20-23-7-3-2-4-8-23)28-10-6-5-9-27(28)29(34)32-31-19-22-13-17-26(18-14-22)37-21-24-11-15-25(30)16-12-24/h2-19H,20-21H2,1H3,(H,32,34)/b31-19+. The summed E-state index contributed by atoms with van der Waals surface area (Å²) in [5.74, 6) is 0.163. The molecule has 4 aromatic carbocycles. The van der Waals surface area contributed by atoms with Crippen LogP contribution in [0.3, 0.4) is 0 Å². The maximum absolute atomic E-state index is 13.0. The smallest absolute Gasteiger partial charge is 0.273 e. The van der Waals surface area contributed by atoms with Crippen LogP contribution in [0.4, 0.5) is 5.69 Å². The lowest BCUT2D eigenvalue weighted by atomic mass is 10.1. The lowest BCUT2D eigenvalue weighted by Gasteiger charge is -2.24. The van der Waals surface area contributed by atoms with Gasteiger partial charge in [-0.25, -0.2) is 13.8 Å². The van der Waals surface area contributed by atoms with Gasteiger partial charge in [0.25, 0.3) is 5.91 Å². The summed E-state index contributed by atoms with van der Waals surface area (Å²) >= 11 is 5.91. The predicted molar refractivity (Wildman–Crippen MR) is 151 cm³/mol. The first-order valence-electron chi connectivity index (χ1n) is 11.7. The number of sulfonamides is 1. The molecule has 0 radical (unpaired) electrons. The number of halogens is 1. The van der Waals surface area contributed by atoms with Crippen molar-refractivity contribution in [1.29, 1.82) is 0 Å². The minimum Gasteiger partial charge on any atom is -0.489 e. The maximum Gasteiger partial charge on any atom is 0.273 e. The van der Waals surface area contributed by atoms with Crippen molar-refractivity contribution in [2.24, 2.45) is 5.10 Å². The third-order valence-corrected chi connectivity index (χ3v) is 6.94. The number of hydrazone groups is 1. The Labute approximate surface area is 227 Å². The van der Waals surface area contributed by atoms with Crippen molar-refractivity contribution in [2.75, 3.05) is 10.6 Å². The second-order valence-electron chi connectivity index (χ2n) is 8.46. The molecule has 4 rings (SSSR count). The van der Waals surface area contributed by atoms with Gasteiger partial charge < -0.3 is 4.74 Å². The molecule has 9 heteroatoms. The van der Waals surface area contributed by atoms with Gasteiger partial charge in [0.05, 0.1) is 30.3 Å². The van der Waals surface area contributed by atoms with Crippen molar-refractivity contribution in [1.82, 2.24) is 5.43 Å². The summed E-state index contributed by atoms with van der Waals surface area (Å²) in [7, 11) is -3.67. The molecule has 0 aliphatic heterocycles. The van der Waals surface area contributed by atoms with Crippen LogP contribution in [0, 0.1) is 0 Å². The van der Waals surface area contributed by atoms with Gasteiger partial charge in [0.2, 0.25) is 10.0 Å². The van der Waals surface area contributed by atoms with E-state index in [2.05, 4.69) is 10.5 Å². The van der Waals surface area contributed by atoms with Crippen LogP contribution < -0.4 is 14.5 Å². The Morgan fingerprint density at radius 1 is 0.895 bits per heavy atom. The van der Waals surface area contributed by atoms with Crippen LogP contribution in [0.15, 0.2) is 108 Å². The van der Waals surface area contributed by atoms with Gasteiger partial charge in [0.1, 0.15) is 12.4 Å². The first-order valence-corrected chi connectivity index (χ1v) is 13.9. The van der Waals surface area contributed by atoms with Crippen LogP contribution in [0.2, 0.25) is 5.02 Å². The average Bonchev–Trinajstić information content (AvgIpc) is 2.92. The number of carbonyl (C=O) groups is 1. The Balaban J connectivity index is 1.41. The molecule has 0 bridgehead atoms. The van der Waals surface area contributed by atoms with Gasteiger partial charge in [-0.3, -0.25) is 9.10 Å². The highest BCUT2D eigenvalue weighted by atomic mass is 35.5. The zero-order valence-electron chi connectivity index (χ0n) is 20.6. The fourth-order valence-corrected chi connectivity index (χ4v) is 4.66. The summed E-state index contributed by atoms with van der Waals surface area (Å²) in [6.07, 6.45) is 2.62. The molecule has 4 aromatic rings. The van der Waals surface area contributed by atoms with E-state index in [9.17, 15) is 13.2 Å². The molecule has 0 atom stereocenters. The molecular weight excluding hydrogens is 522 g/mol. The number of hydrogen-bond donors (Lipinski definition) is 1. The molecule has 38 heavy (non-hydrogen) atoms. The third kappa shape index (κ3) is 7.44. The number of nitrogens with zero attached hydrogens (tertiary/aromatic N) is 2. The summed E-state index contributed by atoms with van der Waals surface area (Å²) in [4.78, 5) is 13.0. The second-order valence-corrected chi connectivity index (χ2v) is 10.8. The number of anilines is 1. The molecule has 7 nitrogen and oxygen atoms in total. The van der Waals surface area contributed by atoms with Gasteiger partial charge in [-0.2, -0.15) is 5.10 Å². The van der Waals surface area contributed by atoms with Gasteiger partial charge in [-0.1, -0.05) is 66.2 Å². The molecule has 0 aromatic heterocycles. The van der Waals surface area contributed by atoms with Crippen molar-refractivity contribution in [3.8, 4) is 5.75 Å². The molecule has 0 unspecified atom stereocenters. The maximum atomic E-state index is 13.0. The number of carbonyl (C=O) groups excluding carboxylic acids is 1. The van der Waals surface area contributed by atoms with Crippen LogP contribution in [-0.4, -0.2) is 26.8 Å². The minimum atomic E-state index is -3.67. The molecule has 1 N–H and O–H groups in total. The topological polar surface area (TPSA) is 88.1 Å². The molecule has 194 valence electrons. The normalized spacial score (nSPS) is 11.3. The number of nitrogens with one attached hydrogen (secondary N) is 1. The zero-order valence-corrected chi connectivity index (χ0v) is 22.2.